The standard InChI is InChI=1S/C22H19BrN2/c1-14-11-15(2)21(16(3)12-14)25-20-10-5-4-9-19(20)24-22(25)17-7-6-8-18(23)13-17/h4-13H,1-3H3. The molecule has 1 aromatic heterocycles. The van der Waals surface area contributed by atoms with Crippen molar-refractivity contribution < 1.29 is 0 Å². The van der Waals surface area contributed by atoms with Crippen LogP contribution in [0.2, 0.25) is 0 Å². The maximum absolute atomic E-state index is 4.95. The SMILES string of the molecule is Cc1cc(C)c(-n2c(-c3cccc(Br)c3)nc3ccccc32)c(C)c1. The maximum atomic E-state index is 4.95. The number of para-hydroxylation sites is 2. The van der Waals surface area contributed by atoms with E-state index in [1.165, 1.54) is 22.4 Å². The first kappa shape index (κ1) is 16.1. The predicted molar refractivity (Wildman–Crippen MR) is 108 cm³/mol. The molecule has 124 valence electrons. The fourth-order valence-corrected chi connectivity index (χ4v) is 4.00. The predicted octanol–water partition coefficient (Wildman–Crippen LogP) is 6.38. The Morgan fingerprint density at radius 3 is 2.28 bits per heavy atom. The van der Waals surface area contributed by atoms with Crippen molar-refractivity contribution in [1.82, 2.24) is 9.55 Å². The highest BCUT2D eigenvalue weighted by molar-refractivity contribution is 9.10. The molecule has 0 saturated heterocycles. The highest BCUT2D eigenvalue weighted by Gasteiger charge is 2.17. The van der Waals surface area contributed by atoms with Gasteiger partial charge in [-0.25, -0.2) is 4.98 Å². The van der Waals surface area contributed by atoms with Crippen LogP contribution in [0.25, 0.3) is 28.1 Å². The van der Waals surface area contributed by atoms with E-state index in [0.717, 1.165) is 26.9 Å². The van der Waals surface area contributed by atoms with Crippen molar-refractivity contribution in [1.29, 1.82) is 0 Å². The average Bonchev–Trinajstić information content (AvgIpc) is 2.94. The molecular formula is C22H19BrN2. The van der Waals surface area contributed by atoms with Crippen molar-refractivity contribution in [3.8, 4) is 17.1 Å². The smallest absolute Gasteiger partial charge is 0.145 e. The first-order chi connectivity index (χ1) is 12.0. The largest absolute Gasteiger partial charge is 0.292 e. The lowest BCUT2D eigenvalue weighted by Gasteiger charge is -2.16. The van der Waals surface area contributed by atoms with Crippen LogP contribution in [0.4, 0.5) is 0 Å². The van der Waals surface area contributed by atoms with Gasteiger partial charge in [-0.2, -0.15) is 0 Å². The lowest BCUT2D eigenvalue weighted by atomic mass is 10.0. The molecule has 2 nitrogen and oxygen atoms in total. The summed E-state index contributed by atoms with van der Waals surface area (Å²) in [7, 11) is 0. The zero-order chi connectivity index (χ0) is 17.6. The number of nitrogens with zero attached hydrogens (tertiary/aromatic N) is 2. The topological polar surface area (TPSA) is 17.8 Å². The minimum atomic E-state index is 0.970. The second kappa shape index (κ2) is 6.16. The third-order valence-corrected chi connectivity index (χ3v) is 5.00. The molecule has 0 atom stereocenters. The third kappa shape index (κ3) is 2.79. The third-order valence-electron chi connectivity index (χ3n) is 4.50. The van der Waals surface area contributed by atoms with E-state index < -0.39 is 0 Å². The van der Waals surface area contributed by atoms with E-state index >= 15 is 0 Å². The van der Waals surface area contributed by atoms with Gasteiger partial charge in [-0.1, -0.05) is 57.9 Å². The van der Waals surface area contributed by atoms with Crippen molar-refractivity contribution >= 4 is 27.0 Å². The summed E-state index contributed by atoms with van der Waals surface area (Å²) in [6, 6.07) is 21.1. The molecule has 0 saturated carbocycles. The average molecular weight is 391 g/mol. The van der Waals surface area contributed by atoms with Gasteiger partial charge in [0.05, 0.1) is 16.7 Å². The van der Waals surface area contributed by atoms with E-state index in [0.29, 0.717) is 0 Å². The molecule has 0 aliphatic heterocycles. The molecule has 0 aliphatic carbocycles. The number of halogens is 1. The van der Waals surface area contributed by atoms with Crippen LogP contribution in [0.3, 0.4) is 0 Å². The number of hydrogen-bond donors (Lipinski definition) is 0. The molecule has 0 amide bonds. The molecule has 0 fully saturated rings. The summed E-state index contributed by atoms with van der Waals surface area (Å²) in [6.07, 6.45) is 0. The summed E-state index contributed by atoms with van der Waals surface area (Å²) in [5.41, 5.74) is 8.27. The zero-order valence-electron chi connectivity index (χ0n) is 14.5. The van der Waals surface area contributed by atoms with Crippen LogP contribution < -0.4 is 0 Å². The number of imidazole rings is 1. The zero-order valence-corrected chi connectivity index (χ0v) is 16.1. The Kier molecular flexibility index (Phi) is 3.97. The van der Waals surface area contributed by atoms with Crippen LogP contribution >= 0.6 is 15.9 Å². The minimum absolute atomic E-state index is 0.970. The van der Waals surface area contributed by atoms with Gasteiger partial charge < -0.3 is 0 Å². The van der Waals surface area contributed by atoms with Gasteiger partial charge in [0.25, 0.3) is 0 Å². The molecule has 4 rings (SSSR count). The van der Waals surface area contributed by atoms with Gasteiger partial charge in [0, 0.05) is 10.0 Å². The van der Waals surface area contributed by atoms with E-state index in [1.807, 2.05) is 12.1 Å². The fraction of sp³-hybridized carbons (Fsp3) is 0.136. The van der Waals surface area contributed by atoms with Crippen LogP contribution in [-0.4, -0.2) is 9.55 Å². The Morgan fingerprint density at radius 1 is 0.840 bits per heavy atom. The summed E-state index contributed by atoms with van der Waals surface area (Å²) >= 11 is 3.59. The Labute approximate surface area is 156 Å². The molecule has 0 aliphatic rings. The van der Waals surface area contributed by atoms with Crippen molar-refractivity contribution in [3.05, 3.63) is 81.8 Å². The normalized spacial score (nSPS) is 11.2. The van der Waals surface area contributed by atoms with Gasteiger partial charge in [-0.15, -0.1) is 0 Å². The molecule has 3 heteroatoms. The molecule has 25 heavy (non-hydrogen) atoms. The fourth-order valence-electron chi connectivity index (χ4n) is 3.60. The molecule has 0 N–H and O–H groups in total. The van der Waals surface area contributed by atoms with Gasteiger partial charge in [0.1, 0.15) is 5.82 Å². The Balaban J connectivity index is 2.11. The highest BCUT2D eigenvalue weighted by atomic mass is 79.9. The first-order valence-corrected chi connectivity index (χ1v) is 9.15. The van der Waals surface area contributed by atoms with Crippen molar-refractivity contribution in [3.63, 3.8) is 0 Å². The lowest BCUT2D eigenvalue weighted by Crippen LogP contribution is -2.03. The highest BCUT2D eigenvalue weighted by Crippen LogP contribution is 2.33. The summed E-state index contributed by atoms with van der Waals surface area (Å²) in [5.74, 6) is 0.970. The van der Waals surface area contributed by atoms with Gasteiger partial charge in [0.2, 0.25) is 0 Å². The number of fused-ring (bicyclic) bond motifs is 1. The van der Waals surface area contributed by atoms with Crippen LogP contribution in [0, 0.1) is 20.8 Å². The van der Waals surface area contributed by atoms with Gasteiger partial charge in [0.15, 0.2) is 0 Å². The van der Waals surface area contributed by atoms with Gasteiger partial charge in [-0.05, 0) is 56.2 Å². The number of aryl methyl sites for hydroxylation is 3. The summed E-state index contributed by atoms with van der Waals surface area (Å²) in [5, 5.41) is 0. The molecular weight excluding hydrogens is 372 g/mol. The lowest BCUT2D eigenvalue weighted by molar-refractivity contribution is 1.06. The van der Waals surface area contributed by atoms with E-state index in [1.54, 1.807) is 0 Å². The van der Waals surface area contributed by atoms with Crippen LogP contribution in [0.15, 0.2) is 65.1 Å². The summed E-state index contributed by atoms with van der Waals surface area (Å²) in [4.78, 5) is 4.95. The van der Waals surface area contributed by atoms with Crippen LogP contribution in [-0.2, 0) is 0 Å². The van der Waals surface area contributed by atoms with Crippen LogP contribution in [0.5, 0.6) is 0 Å². The van der Waals surface area contributed by atoms with Gasteiger partial charge >= 0.3 is 0 Å². The van der Waals surface area contributed by atoms with E-state index in [-0.39, 0.29) is 0 Å². The Hall–Kier alpha value is -2.39. The summed E-state index contributed by atoms with van der Waals surface area (Å²) in [6.45, 7) is 6.49. The molecule has 4 aromatic rings. The van der Waals surface area contributed by atoms with Crippen LogP contribution in [0.1, 0.15) is 16.7 Å². The molecule has 0 bridgehead atoms. The molecule has 0 spiro atoms. The van der Waals surface area contributed by atoms with E-state index in [9.17, 15) is 0 Å². The minimum Gasteiger partial charge on any atom is -0.292 e. The molecule has 1 heterocycles. The second-order valence-corrected chi connectivity index (χ2v) is 7.43. The number of rotatable bonds is 2. The van der Waals surface area contributed by atoms with E-state index in [4.69, 9.17) is 4.98 Å². The van der Waals surface area contributed by atoms with Crippen molar-refractivity contribution in [2.75, 3.05) is 0 Å². The van der Waals surface area contributed by atoms with Crippen molar-refractivity contribution in [2.45, 2.75) is 20.8 Å². The van der Waals surface area contributed by atoms with Crippen molar-refractivity contribution in [2.24, 2.45) is 0 Å². The number of aromatic nitrogens is 2. The monoisotopic (exact) mass is 390 g/mol. The quantitative estimate of drug-likeness (QED) is 0.388. The Bertz CT molecular complexity index is 1070. The summed E-state index contributed by atoms with van der Waals surface area (Å²) < 4.78 is 3.35. The molecule has 0 radical (unpaired) electrons. The number of benzene rings is 3. The Morgan fingerprint density at radius 2 is 1.56 bits per heavy atom. The number of hydrogen-bond acceptors (Lipinski definition) is 1. The maximum Gasteiger partial charge on any atom is 0.145 e. The molecule has 3 aromatic carbocycles. The first-order valence-electron chi connectivity index (χ1n) is 8.36. The van der Waals surface area contributed by atoms with E-state index in [2.05, 4.69) is 89.8 Å². The molecule has 0 unspecified atom stereocenters. The second-order valence-electron chi connectivity index (χ2n) is 6.52. The van der Waals surface area contributed by atoms with Gasteiger partial charge in [-0.3, -0.25) is 4.57 Å².